The van der Waals surface area contributed by atoms with Crippen molar-refractivity contribution in [3.05, 3.63) is 58.0 Å². The number of thiazole rings is 1. The quantitative estimate of drug-likeness (QED) is 0.347. The van der Waals surface area contributed by atoms with Crippen molar-refractivity contribution in [2.45, 2.75) is 31.1 Å². The molecule has 0 unspecified atom stereocenters. The minimum absolute atomic E-state index is 0.0432. The molecule has 4 heterocycles. The number of pyridine rings is 1. The number of nitrogens with zero attached hydrogens (tertiary/aromatic N) is 4. The maximum absolute atomic E-state index is 13.7. The van der Waals surface area contributed by atoms with Crippen molar-refractivity contribution in [1.29, 1.82) is 0 Å². The molecule has 2 N–H and O–H groups in total. The van der Waals surface area contributed by atoms with Gasteiger partial charge in [-0.3, -0.25) is 4.79 Å². The fraction of sp³-hybridized carbons (Fsp3) is 0.320. The van der Waals surface area contributed by atoms with Crippen molar-refractivity contribution < 1.29 is 36.7 Å². The maximum atomic E-state index is 13.7. The first-order valence-corrected chi connectivity index (χ1v) is 12.6. The molecule has 1 fully saturated rings. The number of hydrogen-bond donors (Lipinski definition) is 1. The summed E-state index contributed by atoms with van der Waals surface area (Å²) in [6.07, 6.45) is -2.68. The van der Waals surface area contributed by atoms with Gasteiger partial charge in [0, 0.05) is 35.0 Å². The highest BCUT2D eigenvalue weighted by atomic mass is 32.1. The van der Waals surface area contributed by atoms with E-state index >= 15 is 0 Å². The Labute approximate surface area is 223 Å². The van der Waals surface area contributed by atoms with E-state index in [0.29, 0.717) is 6.42 Å². The van der Waals surface area contributed by atoms with E-state index in [-0.39, 0.29) is 58.6 Å². The summed E-state index contributed by atoms with van der Waals surface area (Å²) >= 11 is 1.42. The maximum Gasteiger partial charge on any atom is 0.433 e. The number of likely N-dealkylation sites (tertiary alicyclic amines) is 1. The zero-order valence-electron chi connectivity index (χ0n) is 20.7. The number of benzene rings is 1. The first-order chi connectivity index (χ1) is 18.7. The lowest BCUT2D eigenvalue weighted by Gasteiger charge is -2.21. The molecule has 10 nitrogen and oxygen atoms in total. The van der Waals surface area contributed by atoms with Crippen LogP contribution in [0.1, 0.15) is 39.3 Å². The number of amides is 1. The van der Waals surface area contributed by atoms with Crippen molar-refractivity contribution in [2.24, 2.45) is 5.73 Å². The van der Waals surface area contributed by atoms with Crippen LogP contribution in [0.2, 0.25) is 0 Å². The number of rotatable bonds is 6. The minimum Gasteiger partial charge on any atom is -0.494 e. The molecular weight excluding hydrogens is 539 g/mol. The molecular formula is C25H22F3N5O5S. The molecule has 4 aromatic rings. The Morgan fingerprint density at radius 2 is 2.00 bits per heavy atom. The molecule has 39 heavy (non-hydrogen) atoms. The molecule has 1 aliphatic heterocycles. The van der Waals surface area contributed by atoms with Crippen LogP contribution in [0.4, 0.5) is 13.2 Å². The Balaban J connectivity index is 1.56. The smallest absolute Gasteiger partial charge is 0.433 e. The SMILES string of the molecule is COC(=O)[C@@H]1C[C@H](c2nccs2)CN1C(=O)c1nc(-c2ccc(OC)c3nc(C(F)(F)F)ccc23)oc1CN. The van der Waals surface area contributed by atoms with Crippen LogP contribution in [0.25, 0.3) is 22.4 Å². The van der Waals surface area contributed by atoms with Crippen LogP contribution in [0.3, 0.4) is 0 Å². The molecule has 0 bridgehead atoms. The molecule has 5 rings (SSSR count). The topological polar surface area (TPSA) is 134 Å². The molecule has 0 radical (unpaired) electrons. The van der Waals surface area contributed by atoms with Crippen LogP contribution in [0, 0.1) is 0 Å². The van der Waals surface area contributed by atoms with E-state index in [4.69, 9.17) is 19.6 Å². The summed E-state index contributed by atoms with van der Waals surface area (Å²) in [4.78, 5) is 40.1. The van der Waals surface area contributed by atoms with E-state index in [1.807, 2.05) is 5.38 Å². The van der Waals surface area contributed by atoms with Crippen molar-refractivity contribution in [3.63, 3.8) is 0 Å². The number of esters is 1. The molecule has 0 saturated carbocycles. The first-order valence-electron chi connectivity index (χ1n) is 11.7. The van der Waals surface area contributed by atoms with Gasteiger partial charge in [0.1, 0.15) is 23.0 Å². The molecule has 1 amide bonds. The highest BCUT2D eigenvalue weighted by molar-refractivity contribution is 7.09. The number of ether oxygens (including phenoxy) is 2. The summed E-state index contributed by atoms with van der Waals surface area (Å²) in [7, 11) is 2.56. The summed E-state index contributed by atoms with van der Waals surface area (Å²) in [6, 6.07) is 4.19. The van der Waals surface area contributed by atoms with Crippen LogP contribution in [0.15, 0.2) is 40.3 Å². The second kappa shape index (κ2) is 10.3. The van der Waals surface area contributed by atoms with E-state index in [1.54, 1.807) is 12.3 Å². The van der Waals surface area contributed by atoms with Crippen LogP contribution >= 0.6 is 11.3 Å². The van der Waals surface area contributed by atoms with Gasteiger partial charge in [-0.15, -0.1) is 11.3 Å². The molecule has 0 spiro atoms. The Kier molecular flexibility index (Phi) is 6.99. The van der Waals surface area contributed by atoms with Gasteiger partial charge in [-0.05, 0) is 30.7 Å². The predicted molar refractivity (Wildman–Crippen MR) is 133 cm³/mol. The molecule has 204 valence electrons. The molecule has 3 aromatic heterocycles. The Hall–Kier alpha value is -4.04. The number of carbonyl (C=O) groups is 2. The lowest BCUT2D eigenvalue weighted by molar-refractivity contribution is -0.145. The van der Waals surface area contributed by atoms with Crippen LogP contribution in [0.5, 0.6) is 5.75 Å². The van der Waals surface area contributed by atoms with Gasteiger partial charge in [0.05, 0.1) is 25.8 Å². The van der Waals surface area contributed by atoms with Gasteiger partial charge in [-0.1, -0.05) is 0 Å². The minimum atomic E-state index is -4.66. The second-order valence-corrected chi connectivity index (χ2v) is 9.63. The average Bonchev–Trinajstić information content (AvgIpc) is 3.70. The van der Waals surface area contributed by atoms with Crippen LogP contribution in [-0.4, -0.2) is 58.5 Å². The average molecular weight is 562 g/mol. The lowest BCUT2D eigenvalue weighted by Crippen LogP contribution is -2.41. The Bertz CT molecular complexity index is 1540. The number of nitrogens with two attached hydrogens (primary N) is 1. The fourth-order valence-electron chi connectivity index (χ4n) is 4.64. The second-order valence-electron chi connectivity index (χ2n) is 8.70. The number of fused-ring (bicyclic) bond motifs is 1. The van der Waals surface area contributed by atoms with Crippen molar-refractivity contribution >= 4 is 34.1 Å². The zero-order chi connectivity index (χ0) is 27.9. The van der Waals surface area contributed by atoms with E-state index in [2.05, 4.69) is 15.0 Å². The standard InChI is InChI=1S/C25H22F3N5O5S/c1-36-16-5-3-14(13-4-6-18(25(26,27)28)31-19(13)16)21-32-20(17(10-29)38-21)23(34)33-11-12(22-30-7-8-39-22)9-15(33)24(35)37-2/h3-8,12,15H,9-11,29H2,1-2H3/t12-,15-/m0/s1. The van der Waals surface area contributed by atoms with Gasteiger partial charge in [-0.2, -0.15) is 13.2 Å². The van der Waals surface area contributed by atoms with Crippen molar-refractivity contribution in [3.8, 4) is 17.2 Å². The van der Waals surface area contributed by atoms with E-state index in [9.17, 15) is 22.8 Å². The lowest BCUT2D eigenvalue weighted by atomic mass is 10.1. The highest BCUT2D eigenvalue weighted by Crippen LogP contribution is 2.38. The highest BCUT2D eigenvalue weighted by Gasteiger charge is 2.43. The molecule has 0 aliphatic carbocycles. The molecule has 1 saturated heterocycles. The van der Waals surface area contributed by atoms with Gasteiger partial charge in [0.15, 0.2) is 11.5 Å². The van der Waals surface area contributed by atoms with Gasteiger partial charge in [-0.25, -0.2) is 19.7 Å². The third-order valence-corrected chi connectivity index (χ3v) is 7.42. The number of oxazole rings is 1. The molecule has 2 atom stereocenters. The molecule has 1 aromatic carbocycles. The number of methoxy groups -OCH3 is 2. The molecule has 1 aliphatic rings. The summed E-state index contributed by atoms with van der Waals surface area (Å²) in [5.41, 5.74) is 4.90. The van der Waals surface area contributed by atoms with Gasteiger partial charge < -0.3 is 24.5 Å². The molecule has 14 heteroatoms. The summed E-state index contributed by atoms with van der Waals surface area (Å²) in [6.45, 7) is 0.0131. The predicted octanol–water partition coefficient (Wildman–Crippen LogP) is 4.00. The Morgan fingerprint density at radius 1 is 1.21 bits per heavy atom. The number of alkyl halides is 3. The van der Waals surface area contributed by atoms with Gasteiger partial charge in [0.2, 0.25) is 5.89 Å². The van der Waals surface area contributed by atoms with E-state index in [1.165, 1.54) is 42.6 Å². The van der Waals surface area contributed by atoms with Gasteiger partial charge >= 0.3 is 12.1 Å². The van der Waals surface area contributed by atoms with E-state index < -0.39 is 29.8 Å². The number of hydrogen-bond acceptors (Lipinski definition) is 10. The number of carbonyl (C=O) groups excluding carboxylic acids is 2. The summed E-state index contributed by atoms with van der Waals surface area (Å²) in [5.74, 6) is -1.21. The zero-order valence-corrected chi connectivity index (χ0v) is 21.5. The third kappa shape index (κ3) is 4.81. The largest absolute Gasteiger partial charge is 0.494 e. The fourth-order valence-corrected chi connectivity index (χ4v) is 5.39. The van der Waals surface area contributed by atoms with E-state index in [0.717, 1.165) is 11.1 Å². The van der Waals surface area contributed by atoms with Crippen molar-refractivity contribution in [2.75, 3.05) is 20.8 Å². The summed E-state index contributed by atoms with van der Waals surface area (Å²) in [5, 5.41) is 2.87. The normalized spacial score (nSPS) is 17.5. The first kappa shape index (κ1) is 26.6. The third-order valence-electron chi connectivity index (χ3n) is 6.48. The monoisotopic (exact) mass is 561 g/mol. The number of aromatic nitrogens is 3. The van der Waals surface area contributed by atoms with Crippen LogP contribution in [-0.2, 0) is 22.3 Å². The Morgan fingerprint density at radius 3 is 2.64 bits per heavy atom. The van der Waals surface area contributed by atoms with Gasteiger partial charge in [0.25, 0.3) is 5.91 Å². The van der Waals surface area contributed by atoms with Crippen molar-refractivity contribution in [1.82, 2.24) is 19.9 Å². The summed E-state index contributed by atoms with van der Waals surface area (Å²) < 4.78 is 55.9. The van der Waals surface area contributed by atoms with Crippen LogP contribution < -0.4 is 10.5 Å². The number of halogens is 3.